The van der Waals surface area contributed by atoms with E-state index in [1.807, 2.05) is 11.4 Å². The van der Waals surface area contributed by atoms with Crippen LogP contribution in [-0.4, -0.2) is 32.2 Å². The van der Waals surface area contributed by atoms with E-state index in [2.05, 4.69) is 20.5 Å². The molecule has 0 aromatic carbocycles. The SMILES string of the molecule is Cc1nc2sccc2c(=O)n1CCNC(=O)c1cc(C2CC2)[nH]n1. The third-order valence-electron chi connectivity index (χ3n) is 4.24. The molecule has 1 aliphatic rings. The highest BCUT2D eigenvalue weighted by molar-refractivity contribution is 7.16. The molecule has 4 rings (SSSR count). The van der Waals surface area contributed by atoms with Crippen LogP contribution in [0.2, 0.25) is 0 Å². The smallest absolute Gasteiger partial charge is 0.271 e. The molecule has 0 saturated heterocycles. The normalized spacial score (nSPS) is 14.2. The Kier molecular flexibility index (Phi) is 3.68. The number of hydrogen-bond donors (Lipinski definition) is 2. The van der Waals surface area contributed by atoms with E-state index in [-0.39, 0.29) is 11.5 Å². The van der Waals surface area contributed by atoms with Gasteiger partial charge in [0, 0.05) is 24.7 Å². The Morgan fingerprint density at radius 1 is 1.50 bits per heavy atom. The maximum absolute atomic E-state index is 12.4. The maximum atomic E-state index is 12.4. The van der Waals surface area contributed by atoms with Gasteiger partial charge in [0.05, 0.1) is 5.39 Å². The lowest BCUT2D eigenvalue weighted by Gasteiger charge is -2.09. The Balaban J connectivity index is 1.43. The molecule has 1 fully saturated rings. The number of H-pyrrole nitrogens is 1. The third-order valence-corrected chi connectivity index (χ3v) is 5.05. The van der Waals surface area contributed by atoms with Crippen LogP contribution in [0.15, 0.2) is 22.3 Å². The number of nitrogens with one attached hydrogen (secondary N) is 2. The number of aromatic amines is 1. The predicted octanol–water partition coefficient (Wildman–Crippen LogP) is 1.80. The van der Waals surface area contributed by atoms with Crippen molar-refractivity contribution in [2.24, 2.45) is 0 Å². The first-order chi connectivity index (χ1) is 11.6. The quantitative estimate of drug-likeness (QED) is 0.739. The highest BCUT2D eigenvalue weighted by atomic mass is 32.1. The molecule has 8 heteroatoms. The van der Waals surface area contributed by atoms with Gasteiger partial charge in [-0.1, -0.05) is 0 Å². The van der Waals surface area contributed by atoms with Gasteiger partial charge in [0.1, 0.15) is 16.3 Å². The second-order valence-electron chi connectivity index (χ2n) is 5.99. The molecular formula is C16H17N5O2S. The minimum Gasteiger partial charge on any atom is -0.349 e. The van der Waals surface area contributed by atoms with Crippen molar-refractivity contribution in [1.82, 2.24) is 25.1 Å². The van der Waals surface area contributed by atoms with Crippen molar-refractivity contribution in [3.8, 4) is 0 Å². The van der Waals surface area contributed by atoms with Crippen LogP contribution in [-0.2, 0) is 6.54 Å². The van der Waals surface area contributed by atoms with Gasteiger partial charge >= 0.3 is 0 Å². The lowest BCUT2D eigenvalue weighted by molar-refractivity contribution is 0.0947. The summed E-state index contributed by atoms with van der Waals surface area (Å²) in [5.74, 6) is 0.956. The predicted molar refractivity (Wildman–Crippen MR) is 91.5 cm³/mol. The van der Waals surface area contributed by atoms with Crippen LogP contribution in [0, 0.1) is 6.92 Å². The van der Waals surface area contributed by atoms with Crippen molar-refractivity contribution in [2.45, 2.75) is 32.2 Å². The van der Waals surface area contributed by atoms with Crippen molar-refractivity contribution in [1.29, 1.82) is 0 Å². The largest absolute Gasteiger partial charge is 0.349 e. The molecule has 0 bridgehead atoms. The zero-order valence-corrected chi connectivity index (χ0v) is 14.0. The minimum absolute atomic E-state index is 0.0659. The summed E-state index contributed by atoms with van der Waals surface area (Å²) in [6.45, 7) is 2.54. The van der Waals surface area contributed by atoms with Crippen LogP contribution in [0.4, 0.5) is 0 Å². The number of thiophene rings is 1. The molecule has 1 saturated carbocycles. The molecule has 0 radical (unpaired) electrons. The third kappa shape index (κ3) is 2.73. The zero-order valence-electron chi connectivity index (χ0n) is 13.2. The van der Waals surface area contributed by atoms with E-state index in [0.717, 1.165) is 23.4 Å². The highest BCUT2D eigenvalue weighted by Crippen LogP contribution is 2.38. The van der Waals surface area contributed by atoms with Gasteiger partial charge in [-0.2, -0.15) is 5.10 Å². The number of aryl methyl sites for hydroxylation is 1. The Morgan fingerprint density at radius 3 is 3.12 bits per heavy atom. The molecular weight excluding hydrogens is 326 g/mol. The minimum atomic E-state index is -0.228. The van der Waals surface area contributed by atoms with E-state index in [0.29, 0.717) is 35.9 Å². The highest BCUT2D eigenvalue weighted by Gasteiger charge is 2.26. The van der Waals surface area contributed by atoms with Crippen molar-refractivity contribution in [2.75, 3.05) is 6.54 Å². The second kappa shape index (κ2) is 5.86. The molecule has 3 aromatic heterocycles. The van der Waals surface area contributed by atoms with Gasteiger partial charge in [-0.05, 0) is 37.3 Å². The van der Waals surface area contributed by atoms with E-state index in [4.69, 9.17) is 0 Å². The van der Waals surface area contributed by atoms with Crippen LogP contribution in [0.1, 0.15) is 40.8 Å². The number of aromatic nitrogens is 4. The topological polar surface area (TPSA) is 92.7 Å². The number of nitrogens with zero attached hydrogens (tertiary/aromatic N) is 3. The summed E-state index contributed by atoms with van der Waals surface area (Å²) in [5, 5.41) is 12.3. The van der Waals surface area contributed by atoms with Gasteiger partial charge < -0.3 is 5.32 Å². The standard InChI is InChI=1S/C16H17N5O2S/c1-9-18-15-11(4-7-24-15)16(23)21(9)6-5-17-14(22)13-8-12(19-20-13)10-2-3-10/h4,7-8,10H,2-3,5-6H2,1H3,(H,17,22)(H,19,20). The number of amides is 1. The Hall–Kier alpha value is -2.48. The van der Waals surface area contributed by atoms with E-state index in [1.54, 1.807) is 17.6 Å². The molecule has 0 unspecified atom stereocenters. The summed E-state index contributed by atoms with van der Waals surface area (Å²) in [6.07, 6.45) is 2.31. The fourth-order valence-corrected chi connectivity index (χ4v) is 3.54. The average Bonchev–Trinajstić information content (AvgIpc) is 3.10. The van der Waals surface area contributed by atoms with Crippen molar-refractivity contribution in [3.63, 3.8) is 0 Å². The van der Waals surface area contributed by atoms with E-state index >= 15 is 0 Å². The molecule has 3 aromatic rings. The summed E-state index contributed by atoms with van der Waals surface area (Å²) >= 11 is 1.45. The molecule has 2 N–H and O–H groups in total. The second-order valence-corrected chi connectivity index (χ2v) is 6.89. The molecule has 124 valence electrons. The lowest BCUT2D eigenvalue weighted by atomic mass is 10.2. The first kappa shape index (κ1) is 15.1. The summed E-state index contributed by atoms with van der Waals surface area (Å²) in [6, 6.07) is 3.59. The van der Waals surface area contributed by atoms with Gasteiger partial charge in [-0.25, -0.2) is 4.98 Å². The molecule has 24 heavy (non-hydrogen) atoms. The van der Waals surface area contributed by atoms with Crippen LogP contribution in [0.25, 0.3) is 10.2 Å². The van der Waals surface area contributed by atoms with Gasteiger partial charge in [-0.3, -0.25) is 19.3 Å². The number of rotatable bonds is 5. The van der Waals surface area contributed by atoms with Gasteiger partial charge in [0.15, 0.2) is 0 Å². The summed E-state index contributed by atoms with van der Waals surface area (Å²) in [5.41, 5.74) is 1.36. The maximum Gasteiger partial charge on any atom is 0.271 e. The summed E-state index contributed by atoms with van der Waals surface area (Å²) in [7, 11) is 0. The monoisotopic (exact) mass is 343 g/mol. The number of carbonyl (C=O) groups is 1. The van der Waals surface area contributed by atoms with Crippen LogP contribution < -0.4 is 10.9 Å². The average molecular weight is 343 g/mol. The fourth-order valence-electron chi connectivity index (χ4n) is 2.74. The molecule has 0 atom stereocenters. The zero-order chi connectivity index (χ0) is 16.7. The number of fused-ring (bicyclic) bond motifs is 1. The van der Waals surface area contributed by atoms with Crippen LogP contribution in [0.5, 0.6) is 0 Å². The van der Waals surface area contributed by atoms with Crippen molar-refractivity contribution in [3.05, 3.63) is 45.1 Å². The molecule has 0 aliphatic heterocycles. The Labute approximate surface area is 141 Å². The number of hydrogen-bond acceptors (Lipinski definition) is 5. The summed E-state index contributed by atoms with van der Waals surface area (Å²) in [4.78, 5) is 29.8. The fraction of sp³-hybridized carbons (Fsp3) is 0.375. The lowest BCUT2D eigenvalue weighted by Crippen LogP contribution is -2.32. The first-order valence-corrected chi connectivity index (χ1v) is 8.79. The van der Waals surface area contributed by atoms with Gasteiger partial charge in [0.2, 0.25) is 0 Å². The van der Waals surface area contributed by atoms with Gasteiger partial charge in [-0.15, -0.1) is 11.3 Å². The molecule has 0 spiro atoms. The van der Waals surface area contributed by atoms with Crippen LogP contribution in [0.3, 0.4) is 0 Å². The number of carbonyl (C=O) groups excluding carboxylic acids is 1. The van der Waals surface area contributed by atoms with Crippen molar-refractivity contribution >= 4 is 27.5 Å². The van der Waals surface area contributed by atoms with Crippen molar-refractivity contribution < 1.29 is 4.79 Å². The van der Waals surface area contributed by atoms with Crippen LogP contribution >= 0.6 is 11.3 Å². The Bertz CT molecular complexity index is 966. The summed E-state index contributed by atoms with van der Waals surface area (Å²) < 4.78 is 1.59. The van der Waals surface area contributed by atoms with Gasteiger partial charge in [0.25, 0.3) is 11.5 Å². The van der Waals surface area contributed by atoms with E-state index in [1.165, 1.54) is 11.3 Å². The van der Waals surface area contributed by atoms with E-state index in [9.17, 15) is 9.59 Å². The molecule has 3 heterocycles. The van der Waals surface area contributed by atoms with E-state index < -0.39 is 0 Å². The molecule has 1 aliphatic carbocycles. The molecule has 1 amide bonds. The first-order valence-electron chi connectivity index (χ1n) is 7.91. The Morgan fingerprint density at radius 2 is 2.33 bits per heavy atom. The molecule has 7 nitrogen and oxygen atoms in total.